The van der Waals surface area contributed by atoms with E-state index in [0.717, 1.165) is 11.3 Å². The smallest absolute Gasteiger partial charge is 0.176 e. The van der Waals surface area contributed by atoms with Crippen LogP contribution < -0.4 is 10.1 Å². The second-order valence-electron chi connectivity index (χ2n) is 4.58. The first-order chi connectivity index (χ1) is 9.60. The van der Waals surface area contributed by atoms with Crippen LogP contribution >= 0.6 is 11.6 Å². The van der Waals surface area contributed by atoms with Gasteiger partial charge in [0.25, 0.3) is 0 Å². The number of phenolic OH excluding ortho intramolecular Hbond substituents is 1. The van der Waals surface area contributed by atoms with Crippen LogP contribution in [-0.4, -0.2) is 11.7 Å². The summed E-state index contributed by atoms with van der Waals surface area (Å²) < 4.78 is 5.37. The van der Waals surface area contributed by atoms with Gasteiger partial charge in [-0.2, -0.15) is 0 Å². The molecule has 2 N–H and O–H groups in total. The summed E-state index contributed by atoms with van der Waals surface area (Å²) in [4.78, 5) is 0. The molecule has 0 bridgehead atoms. The summed E-state index contributed by atoms with van der Waals surface area (Å²) >= 11 is 6.00. The van der Waals surface area contributed by atoms with Gasteiger partial charge in [-0.3, -0.25) is 0 Å². The molecule has 0 fully saturated rings. The molecule has 0 saturated carbocycles. The predicted molar refractivity (Wildman–Crippen MR) is 82.8 cm³/mol. The predicted octanol–water partition coefficient (Wildman–Crippen LogP) is 4.36. The fourth-order valence-electron chi connectivity index (χ4n) is 1.95. The van der Waals surface area contributed by atoms with Crippen molar-refractivity contribution in [2.24, 2.45) is 0 Å². The maximum Gasteiger partial charge on any atom is 0.176 e. The maximum absolute atomic E-state index is 9.80. The topological polar surface area (TPSA) is 41.5 Å². The van der Waals surface area contributed by atoms with Gasteiger partial charge in [-0.1, -0.05) is 23.7 Å². The molecular formula is C16H18ClNO2. The van der Waals surface area contributed by atoms with E-state index in [9.17, 15) is 5.11 Å². The van der Waals surface area contributed by atoms with Crippen molar-refractivity contribution in [1.82, 2.24) is 0 Å². The SMILES string of the molecule is CCOc1cc(CNc2cccc(C)c2)cc(Cl)c1O. The van der Waals surface area contributed by atoms with E-state index >= 15 is 0 Å². The average molecular weight is 292 g/mol. The number of benzene rings is 2. The van der Waals surface area contributed by atoms with Gasteiger partial charge in [-0.25, -0.2) is 0 Å². The summed E-state index contributed by atoms with van der Waals surface area (Å²) in [6, 6.07) is 11.7. The van der Waals surface area contributed by atoms with E-state index in [4.69, 9.17) is 16.3 Å². The van der Waals surface area contributed by atoms with E-state index in [-0.39, 0.29) is 5.75 Å². The van der Waals surface area contributed by atoms with Crippen LogP contribution in [0.1, 0.15) is 18.1 Å². The largest absolute Gasteiger partial charge is 0.503 e. The van der Waals surface area contributed by atoms with E-state index < -0.39 is 0 Å². The first-order valence-corrected chi connectivity index (χ1v) is 6.92. The summed E-state index contributed by atoms with van der Waals surface area (Å²) in [5.74, 6) is 0.411. The Morgan fingerprint density at radius 3 is 2.75 bits per heavy atom. The minimum atomic E-state index is -0.00665. The van der Waals surface area contributed by atoms with Crippen molar-refractivity contribution in [3.63, 3.8) is 0 Å². The molecule has 2 aromatic rings. The van der Waals surface area contributed by atoms with Crippen molar-refractivity contribution in [1.29, 1.82) is 0 Å². The van der Waals surface area contributed by atoms with E-state index in [1.54, 1.807) is 12.1 Å². The first kappa shape index (κ1) is 14.5. The molecule has 4 heteroatoms. The Hall–Kier alpha value is -1.87. The lowest BCUT2D eigenvalue weighted by Crippen LogP contribution is -2.01. The van der Waals surface area contributed by atoms with Crippen LogP contribution in [0.5, 0.6) is 11.5 Å². The summed E-state index contributed by atoms with van der Waals surface area (Å²) in [6.07, 6.45) is 0. The Labute approximate surface area is 124 Å². The van der Waals surface area contributed by atoms with Crippen LogP contribution in [0.4, 0.5) is 5.69 Å². The molecule has 0 aliphatic rings. The van der Waals surface area contributed by atoms with Gasteiger partial charge in [0.2, 0.25) is 0 Å². The molecule has 0 atom stereocenters. The molecule has 0 saturated heterocycles. The van der Waals surface area contributed by atoms with E-state index in [1.165, 1.54) is 5.56 Å². The highest BCUT2D eigenvalue weighted by Gasteiger charge is 2.09. The first-order valence-electron chi connectivity index (χ1n) is 6.55. The molecule has 0 unspecified atom stereocenters. The van der Waals surface area contributed by atoms with Gasteiger partial charge in [0.1, 0.15) is 0 Å². The van der Waals surface area contributed by atoms with Gasteiger partial charge in [0, 0.05) is 12.2 Å². The minimum Gasteiger partial charge on any atom is -0.503 e. The molecule has 0 heterocycles. The van der Waals surface area contributed by atoms with Crippen LogP contribution in [0.15, 0.2) is 36.4 Å². The molecular weight excluding hydrogens is 274 g/mol. The number of hydrogen-bond acceptors (Lipinski definition) is 3. The minimum absolute atomic E-state index is 0.00665. The molecule has 2 aromatic carbocycles. The molecule has 2 rings (SSSR count). The quantitative estimate of drug-likeness (QED) is 0.860. The Morgan fingerprint density at radius 1 is 1.25 bits per heavy atom. The Balaban J connectivity index is 2.13. The third kappa shape index (κ3) is 3.58. The number of aryl methyl sites for hydroxylation is 1. The lowest BCUT2D eigenvalue weighted by molar-refractivity contribution is 0.318. The van der Waals surface area contributed by atoms with Crippen molar-refractivity contribution >= 4 is 17.3 Å². The van der Waals surface area contributed by atoms with Crippen LogP contribution in [0.2, 0.25) is 5.02 Å². The van der Waals surface area contributed by atoms with Crippen molar-refractivity contribution in [2.45, 2.75) is 20.4 Å². The number of rotatable bonds is 5. The second-order valence-corrected chi connectivity index (χ2v) is 4.99. The van der Waals surface area contributed by atoms with E-state index in [0.29, 0.717) is 23.9 Å². The van der Waals surface area contributed by atoms with E-state index in [2.05, 4.69) is 24.4 Å². The molecule has 20 heavy (non-hydrogen) atoms. The third-order valence-corrected chi connectivity index (χ3v) is 3.19. The summed E-state index contributed by atoms with van der Waals surface area (Å²) in [6.45, 7) is 5.02. The number of ether oxygens (including phenoxy) is 1. The zero-order chi connectivity index (χ0) is 14.5. The number of phenols is 1. The summed E-state index contributed by atoms with van der Waals surface area (Å²) in [7, 11) is 0. The van der Waals surface area contributed by atoms with E-state index in [1.807, 2.05) is 19.1 Å². The van der Waals surface area contributed by atoms with Gasteiger partial charge >= 0.3 is 0 Å². The molecule has 0 radical (unpaired) electrons. The second kappa shape index (κ2) is 6.53. The fourth-order valence-corrected chi connectivity index (χ4v) is 2.19. The van der Waals surface area contributed by atoms with Gasteiger partial charge in [-0.15, -0.1) is 0 Å². The van der Waals surface area contributed by atoms with Crippen molar-refractivity contribution in [2.75, 3.05) is 11.9 Å². The van der Waals surface area contributed by atoms with Crippen molar-refractivity contribution < 1.29 is 9.84 Å². The summed E-state index contributed by atoms with van der Waals surface area (Å²) in [5.41, 5.74) is 3.21. The highest BCUT2D eigenvalue weighted by Crippen LogP contribution is 2.35. The van der Waals surface area contributed by atoms with Crippen molar-refractivity contribution in [3.8, 4) is 11.5 Å². The molecule has 3 nitrogen and oxygen atoms in total. The normalized spacial score (nSPS) is 10.3. The average Bonchev–Trinajstić information content (AvgIpc) is 2.42. The van der Waals surface area contributed by atoms with Crippen LogP contribution in [0.25, 0.3) is 0 Å². The highest BCUT2D eigenvalue weighted by molar-refractivity contribution is 6.32. The van der Waals surface area contributed by atoms with Crippen LogP contribution in [0.3, 0.4) is 0 Å². The Morgan fingerprint density at radius 2 is 2.05 bits per heavy atom. The monoisotopic (exact) mass is 291 g/mol. The molecule has 106 valence electrons. The Kier molecular flexibility index (Phi) is 4.74. The number of nitrogens with one attached hydrogen (secondary N) is 1. The maximum atomic E-state index is 9.80. The molecule has 0 spiro atoms. The Bertz CT molecular complexity index is 599. The highest BCUT2D eigenvalue weighted by atomic mass is 35.5. The number of hydrogen-bond donors (Lipinski definition) is 2. The lowest BCUT2D eigenvalue weighted by atomic mass is 10.2. The number of halogens is 1. The molecule has 0 amide bonds. The van der Waals surface area contributed by atoms with Crippen molar-refractivity contribution in [3.05, 3.63) is 52.5 Å². The summed E-state index contributed by atoms with van der Waals surface area (Å²) in [5, 5.41) is 13.4. The standard InChI is InChI=1S/C16H18ClNO2/c1-3-20-15-9-12(8-14(17)16(15)19)10-18-13-6-4-5-11(2)7-13/h4-9,18-19H,3,10H2,1-2H3. The van der Waals surface area contributed by atoms with Gasteiger partial charge < -0.3 is 15.2 Å². The van der Waals surface area contributed by atoms with Gasteiger partial charge in [0.15, 0.2) is 11.5 Å². The third-order valence-electron chi connectivity index (χ3n) is 2.90. The molecule has 0 aliphatic carbocycles. The fraction of sp³-hybridized carbons (Fsp3) is 0.250. The molecule has 0 aliphatic heterocycles. The zero-order valence-corrected chi connectivity index (χ0v) is 12.4. The van der Waals surface area contributed by atoms with Crippen LogP contribution in [-0.2, 0) is 6.54 Å². The molecule has 0 aromatic heterocycles. The lowest BCUT2D eigenvalue weighted by Gasteiger charge is -2.12. The van der Waals surface area contributed by atoms with Crippen LogP contribution in [0, 0.1) is 6.92 Å². The number of anilines is 1. The number of aromatic hydroxyl groups is 1. The van der Waals surface area contributed by atoms with Gasteiger partial charge in [0.05, 0.1) is 11.6 Å². The zero-order valence-electron chi connectivity index (χ0n) is 11.6. The van der Waals surface area contributed by atoms with Gasteiger partial charge in [-0.05, 0) is 49.2 Å².